The Labute approximate surface area is 139 Å². The normalized spacial score (nSPS) is 15.0. The van der Waals surface area contributed by atoms with E-state index in [1.807, 2.05) is 36.4 Å². The van der Waals surface area contributed by atoms with E-state index in [2.05, 4.69) is 22.5 Å². The van der Waals surface area contributed by atoms with Crippen molar-refractivity contribution in [2.24, 2.45) is 0 Å². The van der Waals surface area contributed by atoms with E-state index in [4.69, 9.17) is 4.74 Å². The fraction of sp³-hybridized carbons (Fsp3) is 0.250. The number of aryl methyl sites for hydroxylation is 1. The van der Waals surface area contributed by atoms with Crippen LogP contribution in [0.1, 0.15) is 18.1 Å². The van der Waals surface area contributed by atoms with Crippen molar-refractivity contribution < 1.29 is 4.74 Å². The third kappa shape index (κ3) is 1.65. The van der Waals surface area contributed by atoms with Crippen molar-refractivity contribution in [1.29, 1.82) is 0 Å². The van der Waals surface area contributed by atoms with E-state index in [1.54, 1.807) is 0 Å². The highest BCUT2D eigenvalue weighted by molar-refractivity contribution is 5.87. The van der Waals surface area contributed by atoms with Crippen LogP contribution in [0.3, 0.4) is 0 Å². The standard InChI is InChI=1S/C20H18N2O2/c1-2-21-16-8-4-3-7-14(16)19(23)15-12-13-6-5-9-17-18(13)22(20(15)21)10-11-24-17/h3-9H,2,10-12H2,1H3. The third-order valence-corrected chi connectivity index (χ3v) is 5.10. The predicted octanol–water partition coefficient (Wildman–Crippen LogP) is 3.46. The first-order chi connectivity index (χ1) is 11.8. The molecule has 3 aromatic rings. The number of benzene rings is 2. The topological polar surface area (TPSA) is 34.5 Å². The molecule has 0 fully saturated rings. The Morgan fingerprint density at radius 3 is 2.88 bits per heavy atom. The van der Waals surface area contributed by atoms with Crippen molar-refractivity contribution in [1.82, 2.24) is 4.57 Å². The molecule has 0 aliphatic carbocycles. The number of rotatable bonds is 1. The Hall–Kier alpha value is -2.75. The molecule has 0 bridgehead atoms. The zero-order valence-corrected chi connectivity index (χ0v) is 13.6. The number of anilines is 2. The highest BCUT2D eigenvalue weighted by Gasteiger charge is 2.32. The average molecular weight is 318 g/mol. The zero-order chi connectivity index (χ0) is 16.3. The Balaban J connectivity index is 1.91. The molecule has 0 saturated heterocycles. The van der Waals surface area contributed by atoms with Crippen LogP contribution in [0.4, 0.5) is 11.5 Å². The molecule has 0 atom stereocenters. The minimum atomic E-state index is 0.160. The Morgan fingerprint density at radius 1 is 1.12 bits per heavy atom. The van der Waals surface area contributed by atoms with Crippen LogP contribution in [-0.4, -0.2) is 17.7 Å². The fourth-order valence-electron chi connectivity index (χ4n) is 4.12. The van der Waals surface area contributed by atoms with Gasteiger partial charge in [-0.1, -0.05) is 24.3 Å². The molecule has 4 nitrogen and oxygen atoms in total. The van der Waals surface area contributed by atoms with Gasteiger partial charge in [0.25, 0.3) is 0 Å². The van der Waals surface area contributed by atoms with Gasteiger partial charge in [0.05, 0.1) is 17.7 Å². The third-order valence-electron chi connectivity index (χ3n) is 5.10. The van der Waals surface area contributed by atoms with Crippen molar-refractivity contribution in [3.8, 4) is 5.75 Å². The monoisotopic (exact) mass is 318 g/mol. The Bertz CT molecular complexity index is 1040. The number of ether oxygens (including phenoxy) is 1. The highest BCUT2D eigenvalue weighted by atomic mass is 16.5. The van der Waals surface area contributed by atoms with Gasteiger partial charge in [-0.05, 0) is 30.7 Å². The summed E-state index contributed by atoms with van der Waals surface area (Å²) in [6, 6.07) is 14.1. The maximum Gasteiger partial charge on any atom is 0.195 e. The fourth-order valence-corrected chi connectivity index (χ4v) is 4.12. The zero-order valence-electron chi connectivity index (χ0n) is 13.6. The lowest BCUT2D eigenvalue weighted by atomic mass is 9.95. The van der Waals surface area contributed by atoms with Gasteiger partial charge in [-0.3, -0.25) is 4.79 Å². The van der Waals surface area contributed by atoms with Crippen LogP contribution in [0.5, 0.6) is 5.75 Å². The lowest BCUT2D eigenvalue weighted by Gasteiger charge is -2.39. The highest BCUT2D eigenvalue weighted by Crippen LogP contribution is 2.45. The van der Waals surface area contributed by atoms with E-state index < -0.39 is 0 Å². The number of hydrogen-bond donors (Lipinski definition) is 0. The van der Waals surface area contributed by atoms with Gasteiger partial charge in [-0.25, -0.2) is 0 Å². The molecular weight excluding hydrogens is 300 g/mol. The van der Waals surface area contributed by atoms with Gasteiger partial charge in [0, 0.05) is 23.9 Å². The van der Waals surface area contributed by atoms with E-state index in [9.17, 15) is 4.79 Å². The van der Waals surface area contributed by atoms with Crippen molar-refractivity contribution >= 4 is 22.4 Å². The SMILES string of the molecule is CCn1c2c(c(=O)c3ccccc31)Cc1cccc3c1N2CCO3. The minimum Gasteiger partial charge on any atom is -0.490 e. The van der Waals surface area contributed by atoms with Crippen LogP contribution in [0.2, 0.25) is 0 Å². The predicted molar refractivity (Wildman–Crippen MR) is 95.6 cm³/mol. The first-order valence-corrected chi connectivity index (χ1v) is 8.46. The van der Waals surface area contributed by atoms with E-state index in [0.29, 0.717) is 13.0 Å². The number of hydrogen-bond acceptors (Lipinski definition) is 3. The number of nitrogens with zero attached hydrogens (tertiary/aromatic N) is 2. The molecule has 0 N–H and O–H groups in total. The van der Waals surface area contributed by atoms with Crippen molar-refractivity contribution in [3.63, 3.8) is 0 Å². The molecule has 3 heterocycles. The van der Waals surface area contributed by atoms with Crippen LogP contribution >= 0.6 is 0 Å². The molecule has 1 aromatic heterocycles. The summed E-state index contributed by atoms with van der Waals surface area (Å²) in [4.78, 5) is 15.4. The Morgan fingerprint density at radius 2 is 2.00 bits per heavy atom. The molecule has 0 amide bonds. The van der Waals surface area contributed by atoms with Gasteiger partial charge < -0.3 is 14.2 Å². The maximum absolute atomic E-state index is 13.1. The summed E-state index contributed by atoms with van der Waals surface area (Å²) in [6.45, 7) is 4.38. The minimum absolute atomic E-state index is 0.160. The molecule has 0 saturated carbocycles. The quantitative estimate of drug-likeness (QED) is 0.689. The van der Waals surface area contributed by atoms with Crippen LogP contribution < -0.4 is 15.1 Å². The summed E-state index contributed by atoms with van der Waals surface area (Å²) < 4.78 is 8.12. The second-order valence-corrected chi connectivity index (χ2v) is 6.33. The summed E-state index contributed by atoms with van der Waals surface area (Å²) in [5.74, 6) is 1.97. The number of para-hydroxylation sites is 2. The molecule has 0 spiro atoms. The van der Waals surface area contributed by atoms with Gasteiger partial charge in [-0.15, -0.1) is 0 Å². The van der Waals surface area contributed by atoms with Crippen molar-refractivity contribution in [2.45, 2.75) is 19.9 Å². The summed E-state index contributed by atoms with van der Waals surface area (Å²) in [5.41, 5.74) is 4.38. The van der Waals surface area contributed by atoms with Gasteiger partial charge >= 0.3 is 0 Å². The summed E-state index contributed by atoms with van der Waals surface area (Å²) in [5, 5.41) is 0.811. The molecule has 0 radical (unpaired) electrons. The largest absolute Gasteiger partial charge is 0.490 e. The van der Waals surface area contributed by atoms with Gasteiger partial charge in [-0.2, -0.15) is 0 Å². The Kier molecular flexibility index (Phi) is 2.77. The van der Waals surface area contributed by atoms with Gasteiger partial charge in [0.2, 0.25) is 0 Å². The van der Waals surface area contributed by atoms with Crippen molar-refractivity contribution in [3.05, 3.63) is 63.8 Å². The first-order valence-electron chi connectivity index (χ1n) is 8.46. The molecular formula is C20H18N2O2. The molecule has 120 valence electrons. The summed E-state index contributed by atoms with van der Waals surface area (Å²) in [7, 11) is 0. The molecule has 0 unspecified atom stereocenters. The van der Waals surface area contributed by atoms with Crippen LogP contribution in [0.15, 0.2) is 47.3 Å². The van der Waals surface area contributed by atoms with Crippen LogP contribution in [-0.2, 0) is 13.0 Å². The van der Waals surface area contributed by atoms with Crippen molar-refractivity contribution in [2.75, 3.05) is 18.1 Å². The van der Waals surface area contributed by atoms with E-state index in [0.717, 1.165) is 46.8 Å². The molecule has 2 aromatic carbocycles. The average Bonchev–Trinajstić information content (AvgIpc) is 2.63. The smallest absolute Gasteiger partial charge is 0.195 e. The molecule has 5 rings (SSSR count). The second kappa shape index (κ2) is 4.87. The van der Waals surface area contributed by atoms with E-state index in [-0.39, 0.29) is 5.43 Å². The van der Waals surface area contributed by atoms with Gasteiger partial charge in [0.15, 0.2) is 5.43 Å². The lowest BCUT2D eigenvalue weighted by Crippen LogP contribution is -2.37. The number of aromatic nitrogens is 1. The lowest BCUT2D eigenvalue weighted by molar-refractivity contribution is 0.312. The van der Waals surface area contributed by atoms with Gasteiger partial charge in [0.1, 0.15) is 18.2 Å². The maximum atomic E-state index is 13.1. The number of fused-ring (bicyclic) bond motifs is 3. The summed E-state index contributed by atoms with van der Waals surface area (Å²) >= 11 is 0. The van der Waals surface area contributed by atoms with E-state index in [1.165, 1.54) is 5.56 Å². The van der Waals surface area contributed by atoms with E-state index >= 15 is 0 Å². The van der Waals surface area contributed by atoms with Crippen LogP contribution in [0, 0.1) is 0 Å². The number of pyridine rings is 1. The molecule has 24 heavy (non-hydrogen) atoms. The first kappa shape index (κ1) is 13.7. The van der Waals surface area contributed by atoms with Crippen LogP contribution in [0.25, 0.3) is 10.9 Å². The second-order valence-electron chi connectivity index (χ2n) is 6.33. The molecule has 4 heteroatoms. The molecule has 2 aliphatic heterocycles. The summed E-state index contributed by atoms with van der Waals surface area (Å²) in [6.07, 6.45) is 0.669. The molecule has 2 aliphatic rings.